The van der Waals surface area contributed by atoms with Gasteiger partial charge < -0.3 is 4.98 Å². The maximum absolute atomic E-state index is 10.8. The van der Waals surface area contributed by atoms with Gasteiger partial charge in [0, 0.05) is 11.8 Å². The summed E-state index contributed by atoms with van der Waals surface area (Å²) in [5.41, 5.74) is 1.63. The SMILES string of the molecule is C=Cc1c[nH]c(=O)c(C)c1. The predicted molar refractivity (Wildman–Crippen MR) is 41.9 cm³/mol. The Bertz CT molecular complexity index is 298. The molecule has 2 heteroatoms. The lowest BCUT2D eigenvalue weighted by Gasteiger charge is -1.92. The first-order valence-corrected chi connectivity index (χ1v) is 3.06. The van der Waals surface area contributed by atoms with Crippen LogP contribution in [0.25, 0.3) is 6.08 Å². The highest BCUT2D eigenvalue weighted by Crippen LogP contribution is 1.97. The van der Waals surface area contributed by atoms with Crippen molar-refractivity contribution in [2.24, 2.45) is 0 Å². The van der Waals surface area contributed by atoms with Crippen LogP contribution in [0.1, 0.15) is 11.1 Å². The van der Waals surface area contributed by atoms with Crippen LogP contribution < -0.4 is 5.56 Å². The second-order valence-electron chi connectivity index (χ2n) is 2.15. The van der Waals surface area contributed by atoms with Gasteiger partial charge in [0.15, 0.2) is 0 Å². The Kier molecular flexibility index (Phi) is 1.71. The summed E-state index contributed by atoms with van der Waals surface area (Å²) >= 11 is 0. The van der Waals surface area contributed by atoms with Crippen molar-refractivity contribution in [3.63, 3.8) is 0 Å². The number of nitrogens with one attached hydrogen (secondary N) is 1. The van der Waals surface area contributed by atoms with E-state index in [0.717, 1.165) is 11.1 Å². The van der Waals surface area contributed by atoms with E-state index in [4.69, 9.17) is 0 Å². The highest BCUT2D eigenvalue weighted by atomic mass is 16.1. The molecule has 0 saturated carbocycles. The quantitative estimate of drug-likeness (QED) is 0.619. The van der Waals surface area contributed by atoms with E-state index >= 15 is 0 Å². The van der Waals surface area contributed by atoms with Gasteiger partial charge in [-0.05, 0) is 18.6 Å². The zero-order valence-electron chi connectivity index (χ0n) is 5.85. The summed E-state index contributed by atoms with van der Waals surface area (Å²) in [5.74, 6) is 0. The van der Waals surface area contributed by atoms with E-state index in [9.17, 15) is 4.79 Å². The van der Waals surface area contributed by atoms with Crippen molar-refractivity contribution >= 4 is 6.08 Å². The third kappa shape index (κ3) is 1.16. The molecule has 10 heavy (non-hydrogen) atoms. The molecule has 0 aliphatic carbocycles. The first-order chi connectivity index (χ1) is 4.74. The molecule has 1 aromatic rings. The van der Waals surface area contributed by atoms with E-state index < -0.39 is 0 Å². The molecule has 0 fully saturated rings. The Hall–Kier alpha value is -1.31. The van der Waals surface area contributed by atoms with E-state index in [2.05, 4.69) is 11.6 Å². The van der Waals surface area contributed by atoms with E-state index in [0.29, 0.717) is 0 Å². The number of rotatable bonds is 1. The summed E-state index contributed by atoms with van der Waals surface area (Å²) in [6.07, 6.45) is 3.34. The largest absolute Gasteiger partial charge is 0.328 e. The molecule has 0 aromatic carbocycles. The van der Waals surface area contributed by atoms with Crippen LogP contribution in [0.3, 0.4) is 0 Å². The van der Waals surface area contributed by atoms with E-state index in [1.165, 1.54) is 0 Å². The number of aromatic nitrogens is 1. The fourth-order valence-corrected chi connectivity index (χ4v) is 0.738. The van der Waals surface area contributed by atoms with Crippen molar-refractivity contribution in [2.45, 2.75) is 6.92 Å². The van der Waals surface area contributed by atoms with Gasteiger partial charge in [-0.3, -0.25) is 4.79 Å². The Morgan fingerprint density at radius 1 is 1.70 bits per heavy atom. The van der Waals surface area contributed by atoms with Crippen LogP contribution in [0, 0.1) is 6.92 Å². The predicted octanol–water partition coefficient (Wildman–Crippen LogP) is 1.33. The minimum atomic E-state index is -0.0365. The van der Waals surface area contributed by atoms with E-state index in [-0.39, 0.29) is 5.56 Å². The van der Waals surface area contributed by atoms with Gasteiger partial charge in [-0.2, -0.15) is 0 Å². The van der Waals surface area contributed by atoms with Crippen molar-refractivity contribution in [3.8, 4) is 0 Å². The molecular formula is C8H9NO. The van der Waals surface area contributed by atoms with Gasteiger partial charge in [0.25, 0.3) is 5.56 Å². The maximum Gasteiger partial charge on any atom is 0.250 e. The van der Waals surface area contributed by atoms with Crippen LogP contribution in [-0.4, -0.2) is 4.98 Å². The van der Waals surface area contributed by atoms with E-state index in [1.807, 2.05) is 0 Å². The number of pyridine rings is 1. The third-order valence-corrected chi connectivity index (χ3v) is 1.35. The second-order valence-corrected chi connectivity index (χ2v) is 2.15. The van der Waals surface area contributed by atoms with Crippen LogP contribution in [0.5, 0.6) is 0 Å². The number of hydrogen-bond donors (Lipinski definition) is 1. The van der Waals surface area contributed by atoms with Gasteiger partial charge >= 0.3 is 0 Å². The minimum Gasteiger partial charge on any atom is -0.328 e. The zero-order valence-corrected chi connectivity index (χ0v) is 5.85. The Balaban J connectivity index is 3.29. The van der Waals surface area contributed by atoms with Crippen molar-refractivity contribution in [2.75, 3.05) is 0 Å². The Labute approximate surface area is 59.2 Å². The van der Waals surface area contributed by atoms with Gasteiger partial charge in [-0.15, -0.1) is 0 Å². The summed E-state index contributed by atoms with van der Waals surface area (Å²) in [5, 5.41) is 0. The molecule has 0 atom stereocenters. The second kappa shape index (κ2) is 2.52. The summed E-state index contributed by atoms with van der Waals surface area (Å²) in [6, 6.07) is 1.80. The molecule has 1 N–H and O–H groups in total. The zero-order chi connectivity index (χ0) is 7.56. The van der Waals surface area contributed by atoms with Crippen LogP contribution in [0.2, 0.25) is 0 Å². The van der Waals surface area contributed by atoms with E-state index in [1.54, 1.807) is 25.3 Å². The summed E-state index contributed by atoms with van der Waals surface area (Å²) in [6.45, 7) is 5.35. The normalized spacial score (nSPS) is 9.30. The fraction of sp³-hybridized carbons (Fsp3) is 0.125. The summed E-state index contributed by atoms with van der Waals surface area (Å²) in [7, 11) is 0. The van der Waals surface area contributed by atoms with Crippen molar-refractivity contribution in [1.29, 1.82) is 0 Å². The average Bonchev–Trinajstić information content (AvgIpc) is 1.95. The van der Waals surface area contributed by atoms with Crippen molar-refractivity contribution in [3.05, 3.63) is 40.3 Å². The molecule has 0 saturated heterocycles. The standard InChI is InChI=1S/C8H9NO/c1-3-7-4-6(2)8(10)9-5-7/h3-5H,1H2,2H3,(H,9,10). The molecular weight excluding hydrogens is 126 g/mol. The molecule has 0 radical (unpaired) electrons. The summed E-state index contributed by atoms with van der Waals surface area (Å²) in [4.78, 5) is 13.4. The van der Waals surface area contributed by atoms with Crippen LogP contribution in [0.15, 0.2) is 23.6 Å². The molecule has 52 valence electrons. The first-order valence-electron chi connectivity index (χ1n) is 3.06. The molecule has 0 unspecified atom stereocenters. The molecule has 2 nitrogen and oxygen atoms in total. The highest BCUT2D eigenvalue weighted by Gasteiger charge is 1.90. The Morgan fingerprint density at radius 3 is 2.90 bits per heavy atom. The van der Waals surface area contributed by atoms with Gasteiger partial charge in [-0.1, -0.05) is 12.7 Å². The lowest BCUT2D eigenvalue weighted by atomic mass is 10.2. The molecule has 1 heterocycles. The van der Waals surface area contributed by atoms with Gasteiger partial charge in [0.05, 0.1) is 0 Å². The van der Waals surface area contributed by atoms with Gasteiger partial charge in [0.1, 0.15) is 0 Å². The molecule has 1 aromatic heterocycles. The van der Waals surface area contributed by atoms with Crippen LogP contribution in [-0.2, 0) is 0 Å². The molecule has 0 amide bonds. The van der Waals surface area contributed by atoms with Gasteiger partial charge in [-0.25, -0.2) is 0 Å². The van der Waals surface area contributed by atoms with Crippen LogP contribution in [0.4, 0.5) is 0 Å². The number of aromatic amines is 1. The molecule has 0 aliphatic rings. The maximum atomic E-state index is 10.8. The highest BCUT2D eigenvalue weighted by molar-refractivity contribution is 5.45. The van der Waals surface area contributed by atoms with Gasteiger partial charge in [0.2, 0.25) is 0 Å². The fourth-order valence-electron chi connectivity index (χ4n) is 0.738. The number of aryl methyl sites for hydroxylation is 1. The third-order valence-electron chi connectivity index (χ3n) is 1.35. The Morgan fingerprint density at radius 2 is 2.40 bits per heavy atom. The topological polar surface area (TPSA) is 32.9 Å². The van der Waals surface area contributed by atoms with Crippen LogP contribution >= 0.6 is 0 Å². The molecule has 0 aliphatic heterocycles. The lowest BCUT2D eigenvalue weighted by molar-refractivity contribution is 1.17. The molecule has 0 spiro atoms. The first kappa shape index (κ1) is 6.81. The molecule has 1 rings (SSSR count). The summed E-state index contributed by atoms with van der Waals surface area (Å²) < 4.78 is 0. The molecule has 0 bridgehead atoms. The minimum absolute atomic E-state index is 0.0365. The lowest BCUT2D eigenvalue weighted by Crippen LogP contribution is -2.07. The van der Waals surface area contributed by atoms with Crippen molar-refractivity contribution in [1.82, 2.24) is 4.98 Å². The smallest absolute Gasteiger partial charge is 0.250 e. The number of hydrogen-bond acceptors (Lipinski definition) is 1. The number of H-pyrrole nitrogens is 1. The monoisotopic (exact) mass is 135 g/mol. The average molecular weight is 135 g/mol. The van der Waals surface area contributed by atoms with Crippen molar-refractivity contribution < 1.29 is 0 Å².